The van der Waals surface area contributed by atoms with E-state index in [1.807, 2.05) is 36.7 Å². The molecule has 2 N–H and O–H groups in total. The summed E-state index contributed by atoms with van der Waals surface area (Å²) in [4.78, 5) is 12.5. The molecule has 4 heterocycles. The maximum atomic E-state index is 5.75. The van der Waals surface area contributed by atoms with Crippen LogP contribution in [0.4, 0.5) is 11.4 Å². The van der Waals surface area contributed by atoms with Crippen molar-refractivity contribution in [2.45, 2.75) is 12.1 Å². The molecular weight excluding hydrogens is 382 g/mol. The molecule has 1 aromatic carbocycles. The van der Waals surface area contributed by atoms with Crippen LogP contribution in [0.15, 0.2) is 67.0 Å². The zero-order valence-electron chi connectivity index (χ0n) is 16.0. The predicted molar refractivity (Wildman–Crippen MR) is 118 cm³/mol. The SMILES string of the molecule is S=C1N[C@H](c2ccccn2)[C@@H](c2ccc[nH]2)N1c1ccc(N2CCOCC2)cc1. The number of benzene rings is 1. The van der Waals surface area contributed by atoms with Crippen LogP contribution in [-0.2, 0) is 4.74 Å². The fourth-order valence-electron chi connectivity index (χ4n) is 4.12. The van der Waals surface area contributed by atoms with E-state index in [1.54, 1.807) is 0 Å². The molecule has 0 unspecified atom stereocenters. The van der Waals surface area contributed by atoms with Crippen molar-refractivity contribution in [3.63, 3.8) is 0 Å². The third-order valence-electron chi connectivity index (χ3n) is 5.54. The predicted octanol–water partition coefficient (Wildman–Crippen LogP) is 3.42. The van der Waals surface area contributed by atoms with Gasteiger partial charge in [-0.3, -0.25) is 4.98 Å². The minimum atomic E-state index is -0.0266. The number of nitrogens with one attached hydrogen (secondary N) is 2. The number of ether oxygens (including phenoxy) is 1. The van der Waals surface area contributed by atoms with Crippen molar-refractivity contribution >= 4 is 28.7 Å². The molecule has 29 heavy (non-hydrogen) atoms. The molecule has 2 atom stereocenters. The highest BCUT2D eigenvalue weighted by Crippen LogP contribution is 2.41. The summed E-state index contributed by atoms with van der Waals surface area (Å²) in [5, 5.41) is 4.19. The third-order valence-corrected chi connectivity index (χ3v) is 5.86. The number of hydrogen-bond acceptors (Lipinski definition) is 4. The zero-order chi connectivity index (χ0) is 19.6. The van der Waals surface area contributed by atoms with Crippen molar-refractivity contribution in [2.24, 2.45) is 0 Å². The Balaban J connectivity index is 1.48. The molecule has 2 saturated heterocycles. The Bertz CT molecular complexity index is 955. The highest BCUT2D eigenvalue weighted by atomic mass is 32.1. The summed E-state index contributed by atoms with van der Waals surface area (Å²) in [5.74, 6) is 0. The van der Waals surface area contributed by atoms with E-state index in [9.17, 15) is 0 Å². The summed E-state index contributed by atoms with van der Waals surface area (Å²) in [6.45, 7) is 3.41. The number of anilines is 2. The van der Waals surface area contributed by atoms with Crippen LogP contribution in [-0.4, -0.2) is 41.4 Å². The lowest BCUT2D eigenvalue weighted by molar-refractivity contribution is 0.122. The number of aromatic amines is 1. The van der Waals surface area contributed by atoms with E-state index in [-0.39, 0.29) is 12.1 Å². The van der Waals surface area contributed by atoms with Gasteiger partial charge in [0.25, 0.3) is 0 Å². The third kappa shape index (κ3) is 3.47. The van der Waals surface area contributed by atoms with Crippen LogP contribution in [0, 0.1) is 0 Å². The molecule has 7 heteroatoms. The van der Waals surface area contributed by atoms with Crippen LogP contribution in [0.3, 0.4) is 0 Å². The van der Waals surface area contributed by atoms with E-state index < -0.39 is 0 Å². The van der Waals surface area contributed by atoms with Crippen molar-refractivity contribution in [1.82, 2.24) is 15.3 Å². The molecule has 0 bridgehead atoms. The second-order valence-electron chi connectivity index (χ2n) is 7.24. The van der Waals surface area contributed by atoms with Crippen LogP contribution >= 0.6 is 12.2 Å². The van der Waals surface area contributed by atoms with Crippen LogP contribution in [0.1, 0.15) is 23.5 Å². The number of pyridine rings is 1. The van der Waals surface area contributed by atoms with Crippen molar-refractivity contribution in [3.05, 3.63) is 78.4 Å². The number of H-pyrrole nitrogens is 1. The van der Waals surface area contributed by atoms with Crippen molar-refractivity contribution < 1.29 is 4.74 Å². The van der Waals surface area contributed by atoms with E-state index in [0.29, 0.717) is 5.11 Å². The van der Waals surface area contributed by atoms with Crippen molar-refractivity contribution in [3.8, 4) is 0 Å². The Morgan fingerprint density at radius 2 is 1.76 bits per heavy atom. The molecule has 3 aromatic rings. The minimum Gasteiger partial charge on any atom is -0.378 e. The first-order chi connectivity index (χ1) is 14.3. The average molecular weight is 406 g/mol. The highest BCUT2D eigenvalue weighted by molar-refractivity contribution is 7.80. The van der Waals surface area contributed by atoms with Crippen molar-refractivity contribution in [2.75, 3.05) is 36.1 Å². The molecule has 2 aliphatic heterocycles. The Morgan fingerprint density at radius 1 is 0.966 bits per heavy atom. The molecule has 0 saturated carbocycles. The molecular formula is C22H23N5OS. The Morgan fingerprint density at radius 3 is 2.45 bits per heavy atom. The lowest BCUT2D eigenvalue weighted by atomic mass is 10.0. The molecule has 148 valence electrons. The summed E-state index contributed by atoms with van der Waals surface area (Å²) in [6.07, 6.45) is 3.78. The van der Waals surface area contributed by atoms with E-state index in [0.717, 1.165) is 43.4 Å². The largest absolute Gasteiger partial charge is 0.378 e. The molecule has 0 aliphatic carbocycles. The number of rotatable bonds is 4. The van der Waals surface area contributed by atoms with Gasteiger partial charge in [-0.25, -0.2) is 0 Å². The van der Waals surface area contributed by atoms with E-state index in [2.05, 4.69) is 55.4 Å². The number of nitrogens with zero attached hydrogens (tertiary/aromatic N) is 3. The average Bonchev–Trinajstić information content (AvgIpc) is 3.43. The summed E-state index contributed by atoms with van der Waals surface area (Å²) < 4.78 is 5.46. The molecule has 2 fully saturated rings. The van der Waals surface area contributed by atoms with Crippen molar-refractivity contribution in [1.29, 1.82) is 0 Å². The highest BCUT2D eigenvalue weighted by Gasteiger charge is 2.41. The molecule has 2 aliphatic rings. The van der Waals surface area contributed by atoms with Gasteiger partial charge >= 0.3 is 0 Å². The number of thiocarbonyl (C=S) groups is 1. The van der Waals surface area contributed by atoms with Gasteiger partial charge in [0.2, 0.25) is 0 Å². The van der Waals surface area contributed by atoms with Gasteiger partial charge < -0.3 is 24.8 Å². The van der Waals surface area contributed by atoms with Gasteiger partial charge in [-0.05, 0) is 60.7 Å². The van der Waals surface area contributed by atoms with Gasteiger partial charge in [0, 0.05) is 42.6 Å². The van der Waals surface area contributed by atoms with Crippen LogP contribution in [0.5, 0.6) is 0 Å². The lowest BCUT2D eigenvalue weighted by Gasteiger charge is -2.30. The molecule has 2 aromatic heterocycles. The minimum absolute atomic E-state index is 0.00152. The topological polar surface area (TPSA) is 56.4 Å². The maximum absolute atomic E-state index is 5.75. The molecule has 0 amide bonds. The molecule has 5 rings (SSSR count). The first-order valence-corrected chi connectivity index (χ1v) is 10.3. The summed E-state index contributed by atoms with van der Waals surface area (Å²) in [5.41, 5.74) is 4.36. The first-order valence-electron chi connectivity index (χ1n) is 9.88. The van der Waals surface area contributed by atoms with Gasteiger partial charge in [0.05, 0.1) is 24.9 Å². The van der Waals surface area contributed by atoms with Crippen LogP contribution in [0.25, 0.3) is 0 Å². The monoisotopic (exact) mass is 405 g/mol. The number of morpholine rings is 1. The van der Waals surface area contributed by atoms with Gasteiger partial charge in [0.1, 0.15) is 6.04 Å². The lowest BCUT2D eigenvalue weighted by Crippen LogP contribution is -2.36. The van der Waals surface area contributed by atoms with Crippen LogP contribution in [0.2, 0.25) is 0 Å². The maximum Gasteiger partial charge on any atom is 0.174 e. The van der Waals surface area contributed by atoms with E-state index >= 15 is 0 Å². The molecule has 0 radical (unpaired) electrons. The Labute approximate surface area is 175 Å². The van der Waals surface area contributed by atoms with Gasteiger partial charge in [-0.2, -0.15) is 0 Å². The van der Waals surface area contributed by atoms with Gasteiger partial charge in [-0.1, -0.05) is 6.07 Å². The standard InChI is InChI=1S/C22H23N5OS/c29-22-25-20(18-4-1-2-10-23-18)21(19-5-3-11-24-19)27(22)17-8-6-16(7-9-17)26-12-14-28-15-13-26/h1-11,20-21,24H,12-15H2,(H,25,29)/t20-,21-/m1/s1. The molecule has 0 spiro atoms. The van der Waals surface area contributed by atoms with E-state index in [1.165, 1.54) is 5.69 Å². The summed E-state index contributed by atoms with van der Waals surface area (Å²) in [6, 6.07) is 18.7. The van der Waals surface area contributed by atoms with Gasteiger partial charge in [-0.15, -0.1) is 0 Å². The summed E-state index contributed by atoms with van der Waals surface area (Å²) >= 11 is 5.75. The summed E-state index contributed by atoms with van der Waals surface area (Å²) in [7, 11) is 0. The Hall–Kier alpha value is -2.90. The Kier molecular flexibility index (Phi) is 4.91. The fourth-order valence-corrected chi connectivity index (χ4v) is 4.47. The number of aromatic nitrogens is 2. The van der Waals surface area contributed by atoms with Crippen LogP contribution < -0.4 is 15.1 Å². The van der Waals surface area contributed by atoms with E-state index in [4.69, 9.17) is 17.0 Å². The number of hydrogen-bond donors (Lipinski definition) is 2. The first kappa shape index (κ1) is 18.1. The second kappa shape index (κ2) is 7.85. The zero-order valence-corrected chi connectivity index (χ0v) is 16.8. The smallest absolute Gasteiger partial charge is 0.174 e. The quantitative estimate of drug-likeness (QED) is 0.649. The van der Waals surface area contributed by atoms with Gasteiger partial charge in [0.15, 0.2) is 5.11 Å². The second-order valence-corrected chi connectivity index (χ2v) is 7.62. The normalized spacial score (nSPS) is 22.0. The molecule has 6 nitrogen and oxygen atoms in total. The fraction of sp³-hybridized carbons (Fsp3) is 0.273.